The van der Waals surface area contributed by atoms with Crippen LogP contribution < -0.4 is 0 Å². The lowest BCUT2D eigenvalue weighted by Gasteiger charge is -2.04. The molecule has 0 aromatic carbocycles. The van der Waals surface area contributed by atoms with Gasteiger partial charge < -0.3 is 4.57 Å². The van der Waals surface area contributed by atoms with Gasteiger partial charge in [-0.3, -0.25) is 0 Å². The number of hydrogen-bond acceptors (Lipinski definition) is 3. The normalized spacial score (nSPS) is 11.1. The molecule has 0 aliphatic rings. The van der Waals surface area contributed by atoms with Crippen LogP contribution in [0.1, 0.15) is 13.3 Å². The second-order valence-corrected chi connectivity index (χ2v) is 4.86. The molecule has 3 rings (SSSR count). The summed E-state index contributed by atoms with van der Waals surface area (Å²) < 4.78 is 2.21. The second-order valence-electron chi connectivity index (χ2n) is 3.91. The predicted molar refractivity (Wildman–Crippen MR) is 71.1 cm³/mol. The molecule has 3 aromatic heterocycles. The Morgan fingerprint density at radius 1 is 1.29 bits per heavy atom. The summed E-state index contributed by atoms with van der Waals surface area (Å²) in [6.45, 7) is 3.13. The molecule has 0 saturated carbocycles. The van der Waals surface area contributed by atoms with Crippen molar-refractivity contribution in [3.63, 3.8) is 0 Å². The number of fused-ring (bicyclic) bond motifs is 1. The van der Waals surface area contributed by atoms with Gasteiger partial charge in [0.25, 0.3) is 0 Å². The molecule has 0 radical (unpaired) electrons. The van der Waals surface area contributed by atoms with E-state index in [1.54, 1.807) is 11.3 Å². The van der Waals surface area contributed by atoms with E-state index in [1.165, 1.54) is 4.88 Å². The molecule has 0 unspecified atom stereocenters. The molecule has 86 valence electrons. The maximum Gasteiger partial charge on any atom is 0.160 e. The molecular weight excluding hydrogens is 230 g/mol. The van der Waals surface area contributed by atoms with Crippen LogP contribution >= 0.6 is 11.3 Å². The first-order valence-electron chi connectivity index (χ1n) is 5.75. The van der Waals surface area contributed by atoms with E-state index in [1.807, 2.05) is 18.3 Å². The number of imidazole rings is 1. The largest absolute Gasteiger partial charge is 0.308 e. The van der Waals surface area contributed by atoms with E-state index >= 15 is 0 Å². The van der Waals surface area contributed by atoms with Crippen molar-refractivity contribution >= 4 is 22.5 Å². The van der Waals surface area contributed by atoms with Gasteiger partial charge in [0.15, 0.2) is 11.5 Å². The van der Waals surface area contributed by atoms with Gasteiger partial charge in [-0.05, 0) is 30.0 Å². The van der Waals surface area contributed by atoms with Crippen LogP contribution in [-0.2, 0) is 6.54 Å². The van der Waals surface area contributed by atoms with Gasteiger partial charge in [-0.15, -0.1) is 11.3 Å². The molecule has 3 nitrogen and oxygen atoms in total. The minimum Gasteiger partial charge on any atom is -0.308 e. The number of aryl methyl sites for hydroxylation is 1. The molecule has 0 atom stereocenters. The standard InChI is InChI=1S/C13H13N3S/c1-2-8-16-12-10(5-3-7-14-12)15-13(16)11-6-4-9-17-11/h3-7,9H,2,8H2,1H3. The Morgan fingerprint density at radius 3 is 3.00 bits per heavy atom. The van der Waals surface area contributed by atoms with Gasteiger partial charge in [0.1, 0.15) is 5.52 Å². The third-order valence-corrected chi connectivity index (χ3v) is 3.56. The van der Waals surface area contributed by atoms with Crippen LogP contribution in [0, 0.1) is 0 Å². The van der Waals surface area contributed by atoms with Crippen molar-refractivity contribution in [2.75, 3.05) is 0 Å². The van der Waals surface area contributed by atoms with Gasteiger partial charge in [-0.25, -0.2) is 9.97 Å². The first-order chi connectivity index (χ1) is 8.40. The van der Waals surface area contributed by atoms with Crippen molar-refractivity contribution in [3.8, 4) is 10.7 Å². The van der Waals surface area contributed by atoms with Crippen LogP contribution in [0.3, 0.4) is 0 Å². The fourth-order valence-corrected chi connectivity index (χ4v) is 2.71. The van der Waals surface area contributed by atoms with E-state index < -0.39 is 0 Å². The minimum atomic E-state index is 0.959. The van der Waals surface area contributed by atoms with Gasteiger partial charge in [0, 0.05) is 12.7 Å². The number of aromatic nitrogens is 3. The van der Waals surface area contributed by atoms with Gasteiger partial charge in [0.05, 0.1) is 4.88 Å². The SMILES string of the molecule is CCCn1c(-c2cccs2)nc2cccnc21. The molecule has 17 heavy (non-hydrogen) atoms. The fourth-order valence-electron chi connectivity index (χ4n) is 1.99. The maximum absolute atomic E-state index is 4.68. The summed E-state index contributed by atoms with van der Waals surface area (Å²) in [4.78, 5) is 10.3. The number of rotatable bonds is 3. The molecule has 4 heteroatoms. The fraction of sp³-hybridized carbons (Fsp3) is 0.231. The minimum absolute atomic E-state index is 0.959. The Balaban J connectivity index is 2.26. The average molecular weight is 243 g/mol. The van der Waals surface area contributed by atoms with Crippen LogP contribution in [0.15, 0.2) is 35.8 Å². The Labute approximate surface area is 104 Å². The molecule has 0 aliphatic heterocycles. The summed E-state index contributed by atoms with van der Waals surface area (Å²) in [6.07, 6.45) is 2.91. The monoisotopic (exact) mass is 243 g/mol. The van der Waals surface area contributed by atoms with Gasteiger partial charge in [0.2, 0.25) is 0 Å². The third-order valence-electron chi connectivity index (χ3n) is 2.69. The zero-order valence-electron chi connectivity index (χ0n) is 9.63. The maximum atomic E-state index is 4.68. The lowest BCUT2D eigenvalue weighted by atomic mass is 10.4. The van der Waals surface area contributed by atoms with Crippen LogP contribution in [0.25, 0.3) is 21.9 Å². The molecule has 3 aromatic rings. The molecule has 0 fully saturated rings. The lowest BCUT2D eigenvalue weighted by Crippen LogP contribution is -1.99. The Bertz CT molecular complexity index is 625. The zero-order chi connectivity index (χ0) is 11.7. The Kier molecular flexibility index (Phi) is 2.65. The zero-order valence-corrected chi connectivity index (χ0v) is 10.4. The number of nitrogens with zero attached hydrogens (tertiary/aromatic N) is 3. The van der Waals surface area contributed by atoms with E-state index in [4.69, 9.17) is 0 Å². The first kappa shape index (κ1) is 10.5. The summed E-state index contributed by atoms with van der Waals surface area (Å²) in [5.74, 6) is 1.04. The van der Waals surface area contributed by atoms with E-state index in [9.17, 15) is 0 Å². The highest BCUT2D eigenvalue weighted by Crippen LogP contribution is 2.27. The van der Waals surface area contributed by atoms with Crippen molar-refractivity contribution in [1.82, 2.24) is 14.5 Å². The van der Waals surface area contributed by atoms with Crippen molar-refractivity contribution in [1.29, 1.82) is 0 Å². The Hall–Kier alpha value is -1.68. The van der Waals surface area contributed by atoms with E-state index in [0.29, 0.717) is 0 Å². The highest BCUT2D eigenvalue weighted by molar-refractivity contribution is 7.13. The highest BCUT2D eigenvalue weighted by atomic mass is 32.1. The van der Waals surface area contributed by atoms with Crippen molar-refractivity contribution in [2.24, 2.45) is 0 Å². The summed E-state index contributed by atoms with van der Waals surface area (Å²) in [5.41, 5.74) is 1.96. The van der Waals surface area contributed by atoms with E-state index in [2.05, 4.69) is 39.0 Å². The van der Waals surface area contributed by atoms with Gasteiger partial charge in [-0.2, -0.15) is 0 Å². The van der Waals surface area contributed by atoms with Crippen molar-refractivity contribution < 1.29 is 0 Å². The van der Waals surface area contributed by atoms with E-state index in [0.717, 1.165) is 30.0 Å². The van der Waals surface area contributed by atoms with Crippen LogP contribution in [-0.4, -0.2) is 14.5 Å². The summed E-state index contributed by atoms with van der Waals surface area (Å²) in [6, 6.07) is 8.12. The van der Waals surface area contributed by atoms with Crippen LogP contribution in [0.4, 0.5) is 0 Å². The number of pyridine rings is 1. The molecule has 0 N–H and O–H groups in total. The molecule has 0 aliphatic carbocycles. The molecule has 0 spiro atoms. The topological polar surface area (TPSA) is 30.7 Å². The lowest BCUT2D eigenvalue weighted by molar-refractivity contribution is 0.699. The molecular formula is C13H13N3S. The van der Waals surface area contributed by atoms with Crippen molar-refractivity contribution in [2.45, 2.75) is 19.9 Å². The first-order valence-corrected chi connectivity index (χ1v) is 6.63. The van der Waals surface area contributed by atoms with Gasteiger partial charge in [-0.1, -0.05) is 13.0 Å². The molecule has 0 bridgehead atoms. The average Bonchev–Trinajstić information content (AvgIpc) is 2.97. The molecule has 3 heterocycles. The number of hydrogen-bond donors (Lipinski definition) is 0. The van der Waals surface area contributed by atoms with Crippen LogP contribution in [0.2, 0.25) is 0 Å². The van der Waals surface area contributed by atoms with Crippen molar-refractivity contribution in [3.05, 3.63) is 35.8 Å². The smallest absolute Gasteiger partial charge is 0.160 e. The quantitative estimate of drug-likeness (QED) is 0.704. The summed E-state index contributed by atoms with van der Waals surface area (Å²) in [7, 11) is 0. The highest BCUT2D eigenvalue weighted by Gasteiger charge is 2.12. The summed E-state index contributed by atoms with van der Waals surface area (Å²) in [5, 5.41) is 2.08. The molecule has 0 saturated heterocycles. The second kappa shape index (κ2) is 4.30. The van der Waals surface area contributed by atoms with E-state index in [-0.39, 0.29) is 0 Å². The van der Waals surface area contributed by atoms with Crippen LogP contribution in [0.5, 0.6) is 0 Å². The third kappa shape index (κ3) is 1.74. The summed E-state index contributed by atoms with van der Waals surface area (Å²) >= 11 is 1.72. The van der Waals surface area contributed by atoms with Gasteiger partial charge >= 0.3 is 0 Å². The number of thiophene rings is 1. The predicted octanol–water partition coefficient (Wildman–Crippen LogP) is 3.57. The Morgan fingerprint density at radius 2 is 2.24 bits per heavy atom. The molecule has 0 amide bonds.